The van der Waals surface area contributed by atoms with Crippen molar-refractivity contribution in [3.8, 4) is 0 Å². The van der Waals surface area contributed by atoms with Gasteiger partial charge in [0.2, 0.25) is 0 Å². The van der Waals surface area contributed by atoms with Crippen LogP contribution in [0.2, 0.25) is 0 Å². The minimum atomic E-state index is -1.05. The van der Waals surface area contributed by atoms with Crippen molar-refractivity contribution in [3.05, 3.63) is 33.1 Å². The number of hydrogen-bond acceptors (Lipinski definition) is 5. The SMILES string of the molecule is COC1C2OC(n3ccc(=O)[nH]c3=O)C(C)C12O. The molecule has 1 aromatic heterocycles. The van der Waals surface area contributed by atoms with Crippen LogP contribution in [0.3, 0.4) is 0 Å². The quantitative estimate of drug-likeness (QED) is 0.693. The summed E-state index contributed by atoms with van der Waals surface area (Å²) in [5.74, 6) is -0.295. The third kappa shape index (κ3) is 1.29. The monoisotopic (exact) mass is 254 g/mol. The Morgan fingerprint density at radius 3 is 2.78 bits per heavy atom. The van der Waals surface area contributed by atoms with Gasteiger partial charge >= 0.3 is 5.69 Å². The molecular formula is C11H14N2O5. The third-order valence-electron chi connectivity index (χ3n) is 3.90. The number of nitrogens with zero attached hydrogens (tertiary/aromatic N) is 1. The Morgan fingerprint density at radius 1 is 1.56 bits per heavy atom. The molecule has 0 aromatic carbocycles. The summed E-state index contributed by atoms with van der Waals surface area (Å²) >= 11 is 0. The second kappa shape index (κ2) is 3.53. The highest BCUT2D eigenvalue weighted by atomic mass is 16.6. The second-order valence-electron chi connectivity index (χ2n) is 4.80. The van der Waals surface area contributed by atoms with Crippen molar-refractivity contribution in [2.75, 3.05) is 7.11 Å². The van der Waals surface area contributed by atoms with Crippen LogP contribution in [-0.4, -0.2) is 39.6 Å². The number of ether oxygens (including phenoxy) is 2. The molecule has 0 radical (unpaired) electrons. The van der Waals surface area contributed by atoms with Gasteiger partial charge in [-0.15, -0.1) is 0 Å². The first-order valence-electron chi connectivity index (χ1n) is 5.72. The molecule has 1 aliphatic heterocycles. The molecule has 18 heavy (non-hydrogen) atoms. The van der Waals surface area contributed by atoms with E-state index < -0.39 is 29.2 Å². The summed E-state index contributed by atoms with van der Waals surface area (Å²) in [5, 5.41) is 10.3. The fourth-order valence-corrected chi connectivity index (χ4v) is 2.77. The maximum atomic E-state index is 11.7. The fourth-order valence-electron chi connectivity index (χ4n) is 2.77. The topological polar surface area (TPSA) is 93.5 Å². The zero-order valence-electron chi connectivity index (χ0n) is 9.99. The molecule has 2 aliphatic rings. The highest BCUT2D eigenvalue weighted by Crippen LogP contribution is 2.57. The van der Waals surface area contributed by atoms with Gasteiger partial charge in [-0.05, 0) is 0 Å². The van der Waals surface area contributed by atoms with E-state index in [0.717, 1.165) is 0 Å². The van der Waals surface area contributed by atoms with Crippen LogP contribution in [0, 0.1) is 5.92 Å². The molecule has 2 N–H and O–H groups in total. The Labute approximate surface area is 102 Å². The number of aromatic amines is 1. The minimum absolute atomic E-state index is 0.295. The molecule has 5 atom stereocenters. The molecule has 7 nitrogen and oxygen atoms in total. The van der Waals surface area contributed by atoms with Gasteiger partial charge in [0.25, 0.3) is 5.56 Å². The maximum Gasteiger partial charge on any atom is 0.330 e. The first kappa shape index (κ1) is 11.6. The van der Waals surface area contributed by atoms with Gasteiger partial charge in [0.1, 0.15) is 24.0 Å². The van der Waals surface area contributed by atoms with Crippen molar-refractivity contribution < 1.29 is 14.6 Å². The lowest BCUT2D eigenvalue weighted by Crippen LogP contribution is -2.37. The van der Waals surface area contributed by atoms with Crippen molar-refractivity contribution in [2.24, 2.45) is 5.92 Å². The van der Waals surface area contributed by atoms with Gasteiger partial charge in [-0.25, -0.2) is 4.79 Å². The lowest BCUT2D eigenvalue weighted by atomic mass is 10.0. The number of fused-ring (bicyclic) bond motifs is 1. The van der Waals surface area contributed by atoms with Crippen LogP contribution in [-0.2, 0) is 9.47 Å². The van der Waals surface area contributed by atoms with Gasteiger partial charge in [0.05, 0.1) is 0 Å². The molecule has 1 aromatic rings. The Morgan fingerprint density at radius 2 is 2.28 bits per heavy atom. The lowest BCUT2D eigenvalue weighted by Gasteiger charge is -2.24. The number of H-pyrrole nitrogens is 1. The zero-order valence-corrected chi connectivity index (χ0v) is 9.99. The Kier molecular flexibility index (Phi) is 2.28. The molecular weight excluding hydrogens is 240 g/mol. The molecule has 1 saturated carbocycles. The van der Waals surface area contributed by atoms with Crippen molar-refractivity contribution >= 4 is 0 Å². The molecule has 0 spiro atoms. The largest absolute Gasteiger partial charge is 0.384 e. The van der Waals surface area contributed by atoms with Gasteiger partial charge in [0, 0.05) is 25.3 Å². The summed E-state index contributed by atoms with van der Waals surface area (Å²) in [6, 6.07) is 1.25. The maximum absolute atomic E-state index is 11.7. The Balaban J connectivity index is 1.93. The van der Waals surface area contributed by atoms with Crippen LogP contribution in [0.4, 0.5) is 0 Å². The average Bonchev–Trinajstić information content (AvgIpc) is 2.82. The normalized spacial score (nSPS) is 41.7. The van der Waals surface area contributed by atoms with Crippen LogP contribution in [0.5, 0.6) is 0 Å². The van der Waals surface area contributed by atoms with Gasteiger partial charge in [-0.2, -0.15) is 0 Å². The number of aliphatic hydroxyl groups is 1. The smallest absolute Gasteiger partial charge is 0.330 e. The highest BCUT2D eigenvalue weighted by molar-refractivity contribution is 5.23. The van der Waals surface area contributed by atoms with E-state index in [1.165, 1.54) is 23.9 Å². The van der Waals surface area contributed by atoms with E-state index >= 15 is 0 Å². The van der Waals surface area contributed by atoms with Crippen LogP contribution in [0.15, 0.2) is 21.9 Å². The molecule has 2 heterocycles. The van der Waals surface area contributed by atoms with Crippen LogP contribution >= 0.6 is 0 Å². The van der Waals surface area contributed by atoms with Gasteiger partial charge in [-0.3, -0.25) is 14.3 Å². The Hall–Kier alpha value is -1.44. The van der Waals surface area contributed by atoms with Crippen LogP contribution < -0.4 is 11.2 Å². The first-order valence-corrected chi connectivity index (χ1v) is 5.72. The minimum Gasteiger partial charge on any atom is -0.384 e. The number of hydrogen-bond donors (Lipinski definition) is 2. The number of nitrogens with one attached hydrogen (secondary N) is 1. The standard InChI is InChI=1S/C11H14N2O5/c1-5-9(13-4-3-6(14)12-10(13)15)18-8-7(17-2)11(5,8)16/h3-5,7-9,16H,1-2H3,(H,12,14,15). The molecule has 98 valence electrons. The molecule has 5 unspecified atom stereocenters. The molecule has 2 fully saturated rings. The predicted octanol–water partition coefficient (Wildman–Crippen LogP) is -1.17. The van der Waals surface area contributed by atoms with E-state index in [1.54, 1.807) is 6.92 Å². The summed E-state index contributed by atoms with van der Waals surface area (Å²) in [7, 11) is 1.51. The molecule has 3 rings (SSSR count). The van der Waals surface area contributed by atoms with E-state index in [0.29, 0.717) is 0 Å². The van der Waals surface area contributed by atoms with Crippen molar-refractivity contribution in [1.29, 1.82) is 0 Å². The zero-order chi connectivity index (χ0) is 13.1. The predicted molar refractivity (Wildman–Crippen MR) is 60.1 cm³/mol. The highest BCUT2D eigenvalue weighted by Gasteiger charge is 2.76. The van der Waals surface area contributed by atoms with E-state index in [-0.39, 0.29) is 12.0 Å². The third-order valence-corrected chi connectivity index (χ3v) is 3.90. The van der Waals surface area contributed by atoms with Crippen molar-refractivity contribution in [3.63, 3.8) is 0 Å². The molecule has 1 aliphatic carbocycles. The van der Waals surface area contributed by atoms with Crippen LogP contribution in [0.25, 0.3) is 0 Å². The van der Waals surface area contributed by atoms with Crippen LogP contribution in [0.1, 0.15) is 13.2 Å². The van der Waals surface area contributed by atoms with Gasteiger partial charge in [-0.1, -0.05) is 6.92 Å². The van der Waals surface area contributed by atoms with Crippen molar-refractivity contribution in [2.45, 2.75) is 31.0 Å². The van der Waals surface area contributed by atoms with E-state index in [2.05, 4.69) is 4.98 Å². The first-order chi connectivity index (χ1) is 8.50. The van der Waals surface area contributed by atoms with E-state index in [9.17, 15) is 14.7 Å². The number of aromatic nitrogens is 2. The van der Waals surface area contributed by atoms with E-state index in [1.807, 2.05) is 0 Å². The Bertz CT molecular complexity index is 594. The lowest BCUT2D eigenvalue weighted by molar-refractivity contribution is -0.0583. The number of rotatable bonds is 2. The summed E-state index contributed by atoms with van der Waals surface area (Å²) in [6.07, 6.45) is 0.0254. The summed E-state index contributed by atoms with van der Waals surface area (Å²) in [6.45, 7) is 1.79. The average molecular weight is 254 g/mol. The summed E-state index contributed by atoms with van der Waals surface area (Å²) in [5.41, 5.74) is -2.05. The summed E-state index contributed by atoms with van der Waals surface area (Å²) in [4.78, 5) is 24.8. The molecule has 0 amide bonds. The molecule has 7 heteroatoms. The van der Waals surface area contributed by atoms with Gasteiger partial charge < -0.3 is 14.6 Å². The second-order valence-corrected chi connectivity index (χ2v) is 4.80. The fraction of sp³-hybridized carbons (Fsp3) is 0.636. The van der Waals surface area contributed by atoms with Crippen molar-refractivity contribution in [1.82, 2.24) is 9.55 Å². The molecule has 1 saturated heterocycles. The summed E-state index contributed by atoms with van der Waals surface area (Å²) < 4.78 is 12.0. The van der Waals surface area contributed by atoms with E-state index in [4.69, 9.17) is 9.47 Å². The number of methoxy groups -OCH3 is 1. The molecule has 0 bridgehead atoms. The van der Waals surface area contributed by atoms with Gasteiger partial charge in [0.15, 0.2) is 0 Å².